The molecule has 8 heteroatoms. The van der Waals surface area contributed by atoms with Gasteiger partial charge < -0.3 is 9.62 Å². The minimum atomic E-state index is 0. The zero-order valence-electron chi connectivity index (χ0n) is 9.47. The molecule has 1 fully saturated rings. The van der Waals surface area contributed by atoms with Gasteiger partial charge in [-0.2, -0.15) is 0 Å². The van der Waals surface area contributed by atoms with Crippen molar-refractivity contribution in [1.29, 1.82) is 0 Å². The Balaban J connectivity index is 0.00000120. The Morgan fingerprint density at radius 2 is 1.39 bits per heavy atom. The molecule has 0 saturated carbocycles. The molecule has 1 aliphatic heterocycles. The summed E-state index contributed by atoms with van der Waals surface area (Å²) in [5, 5.41) is 0. The second kappa shape index (κ2) is 5.88. The first-order valence-electron chi connectivity index (χ1n) is 5.34. The molecule has 6 nitrogen and oxygen atoms in total. The van der Waals surface area contributed by atoms with Gasteiger partial charge in [0, 0.05) is 45.6 Å². The predicted octanol–water partition coefficient (Wildman–Crippen LogP) is 0.125. The van der Waals surface area contributed by atoms with Crippen molar-refractivity contribution in [3.63, 3.8) is 0 Å². The molecule has 2 aromatic rings. The van der Waals surface area contributed by atoms with Gasteiger partial charge in [0.15, 0.2) is 0 Å². The maximum atomic E-state index is 4.21. The summed E-state index contributed by atoms with van der Waals surface area (Å²) in [7, 11) is 2.00. The van der Waals surface area contributed by atoms with Crippen molar-refractivity contribution in [2.75, 3.05) is 22.7 Å². The molecule has 2 aromatic heterocycles. The molecule has 18 heavy (non-hydrogen) atoms. The molecule has 0 N–H and O–H groups in total. The molecule has 0 atom stereocenters. The van der Waals surface area contributed by atoms with Gasteiger partial charge in [0.05, 0.1) is 0 Å². The van der Waals surface area contributed by atoms with Gasteiger partial charge in [-0.3, -0.25) is 0 Å². The molecule has 3 rings (SSSR count). The Hall–Kier alpha value is -1.53. The van der Waals surface area contributed by atoms with Gasteiger partial charge in [0.2, 0.25) is 0 Å². The quantitative estimate of drug-likeness (QED) is 0.648. The molecular weight excluding hydrogens is 407 g/mol. The number of rotatable bonds is 2. The zero-order chi connectivity index (χ0) is 11.5. The largest absolute Gasteiger partial charge is 0.394 e. The number of hydrogen-bond acceptors (Lipinski definition) is 6. The van der Waals surface area contributed by atoms with E-state index in [9.17, 15) is 0 Å². The fourth-order valence-electron chi connectivity index (χ4n) is 1.75. The molecule has 0 aromatic carbocycles. The van der Waals surface area contributed by atoms with E-state index in [1.54, 1.807) is 25.0 Å². The summed E-state index contributed by atoms with van der Waals surface area (Å²) in [6, 6.07) is 3.78. The SMILES string of the molecule is [B]1N(c2ccncn2)CCN1c1ccncn1.[Ir]. The van der Waals surface area contributed by atoms with Gasteiger partial charge >= 0.3 is 7.55 Å². The van der Waals surface area contributed by atoms with Crippen LogP contribution in [0.25, 0.3) is 0 Å². The minimum absolute atomic E-state index is 0. The molecule has 1 saturated heterocycles. The van der Waals surface area contributed by atoms with E-state index < -0.39 is 0 Å². The smallest absolute Gasteiger partial charge is 0.382 e. The van der Waals surface area contributed by atoms with E-state index in [2.05, 4.69) is 29.6 Å². The summed E-state index contributed by atoms with van der Waals surface area (Å²) >= 11 is 0. The maximum Gasteiger partial charge on any atom is 0.394 e. The summed E-state index contributed by atoms with van der Waals surface area (Å²) in [5.41, 5.74) is 0. The topological polar surface area (TPSA) is 58.0 Å². The van der Waals surface area contributed by atoms with Crippen molar-refractivity contribution in [2.24, 2.45) is 0 Å². The summed E-state index contributed by atoms with van der Waals surface area (Å²) in [6.45, 7) is 1.78. The van der Waals surface area contributed by atoms with Gasteiger partial charge in [-0.1, -0.05) is 0 Å². The van der Waals surface area contributed by atoms with Crippen LogP contribution >= 0.6 is 0 Å². The summed E-state index contributed by atoms with van der Waals surface area (Å²) in [6.07, 6.45) is 6.58. The van der Waals surface area contributed by atoms with E-state index in [0.717, 1.165) is 24.7 Å². The minimum Gasteiger partial charge on any atom is -0.382 e. The average Bonchev–Trinajstić information content (AvgIpc) is 2.90. The van der Waals surface area contributed by atoms with Crippen LogP contribution in [0.4, 0.5) is 11.6 Å². The molecule has 1 aliphatic rings. The van der Waals surface area contributed by atoms with E-state index in [1.165, 1.54) is 0 Å². The van der Waals surface area contributed by atoms with Crippen LogP contribution in [-0.2, 0) is 20.1 Å². The summed E-state index contributed by atoms with van der Waals surface area (Å²) < 4.78 is 0. The molecule has 0 bridgehead atoms. The van der Waals surface area contributed by atoms with Crippen LogP contribution in [0.1, 0.15) is 0 Å². The fraction of sp³-hybridized carbons (Fsp3) is 0.200. The first kappa shape index (κ1) is 12.9. The van der Waals surface area contributed by atoms with Crippen molar-refractivity contribution in [3.05, 3.63) is 37.2 Å². The number of anilines is 2. The third-order valence-corrected chi connectivity index (χ3v) is 2.58. The molecule has 2 radical (unpaired) electrons. The van der Waals surface area contributed by atoms with E-state index in [4.69, 9.17) is 0 Å². The van der Waals surface area contributed by atoms with Crippen LogP contribution in [0, 0.1) is 0 Å². The van der Waals surface area contributed by atoms with Crippen LogP contribution in [-0.4, -0.2) is 40.6 Å². The van der Waals surface area contributed by atoms with Crippen LogP contribution < -0.4 is 9.62 Å². The maximum absolute atomic E-state index is 4.21. The number of nitrogens with zero attached hydrogens (tertiary/aromatic N) is 6. The molecular formula is C10H10BIrN6. The predicted molar refractivity (Wildman–Crippen MR) is 64.5 cm³/mol. The summed E-state index contributed by atoms with van der Waals surface area (Å²) in [5.74, 6) is 1.80. The van der Waals surface area contributed by atoms with Crippen molar-refractivity contribution in [1.82, 2.24) is 19.9 Å². The van der Waals surface area contributed by atoms with Gasteiger partial charge in [-0.15, -0.1) is 0 Å². The van der Waals surface area contributed by atoms with Crippen LogP contribution in [0.5, 0.6) is 0 Å². The normalized spacial score (nSPS) is 14.0. The Labute approximate surface area is 119 Å². The second-order valence-electron chi connectivity index (χ2n) is 3.64. The van der Waals surface area contributed by atoms with Crippen molar-refractivity contribution in [3.8, 4) is 0 Å². The standard InChI is InChI=1S/C10H10BN6.Ir/c1-3-12-7-14-9(1)16-5-6-17(11-16)10-2-4-13-8-15-10;/h1-4,7-8H,5-6H2;. The third-order valence-electron chi connectivity index (χ3n) is 2.58. The van der Waals surface area contributed by atoms with Crippen molar-refractivity contribution >= 4 is 19.2 Å². The van der Waals surface area contributed by atoms with Crippen LogP contribution in [0.2, 0.25) is 0 Å². The van der Waals surface area contributed by atoms with E-state index in [-0.39, 0.29) is 20.1 Å². The first-order chi connectivity index (χ1) is 8.43. The number of hydrogen-bond donors (Lipinski definition) is 0. The summed E-state index contributed by atoms with van der Waals surface area (Å²) in [4.78, 5) is 20.4. The molecule has 3 heterocycles. The molecule has 0 amide bonds. The Kier molecular flexibility index (Phi) is 4.22. The molecule has 92 valence electrons. The third kappa shape index (κ3) is 2.65. The van der Waals surface area contributed by atoms with E-state index in [1.807, 2.05) is 19.7 Å². The van der Waals surface area contributed by atoms with Gasteiger partial charge in [0.1, 0.15) is 24.3 Å². The van der Waals surface area contributed by atoms with Crippen LogP contribution in [0.3, 0.4) is 0 Å². The zero-order valence-corrected chi connectivity index (χ0v) is 11.9. The van der Waals surface area contributed by atoms with Crippen LogP contribution in [0.15, 0.2) is 37.2 Å². The van der Waals surface area contributed by atoms with E-state index in [0.29, 0.717) is 0 Å². The van der Waals surface area contributed by atoms with Gasteiger partial charge in [-0.25, -0.2) is 19.9 Å². The number of aromatic nitrogens is 4. The van der Waals surface area contributed by atoms with Gasteiger partial charge in [0.25, 0.3) is 0 Å². The molecule has 0 aliphatic carbocycles. The average molecular weight is 417 g/mol. The van der Waals surface area contributed by atoms with Crippen molar-refractivity contribution in [2.45, 2.75) is 0 Å². The fourth-order valence-corrected chi connectivity index (χ4v) is 1.75. The van der Waals surface area contributed by atoms with Gasteiger partial charge in [-0.05, 0) is 12.1 Å². The Morgan fingerprint density at radius 3 is 1.78 bits per heavy atom. The Bertz CT molecular complexity index is 439. The molecule has 0 unspecified atom stereocenters. The second-order valence-corrected chi connectivity index (χ2v) is 3.64. The van der Waals surface area contributed by atoms with Crippen molar-refractivity contribution < 1.29 is 20.1 Å². The Morgan fingerprint density at radius 1 is 0.889 bits per heavy atom. The molecule has 0 spiro atoms. The van der Waals surface area contributed by atoms with E-state index >= 15 is 0 Å². The first-order valence-corrected chi connectivity index (χ1v) is 5.34. The monoisotopic (exact) mass is 418 g/mol.